The van der Waals surface area contributed by atoms with Crippen LogP contribution in [0, 0.1) is 0 Å². The summed E-state index contributed by atoms with van der Waals surface area (Å²) in [7, 11) is 2.03. The molecule has 0 fully saturated rings. The molecule has 8 heteroatoms. The van der Waals surface area contributed by atoms with Crippen LogP contribution < -0.4 is 5.32 Å². The Morgan fingerprint density at radius 2 is 2.00 bits per heavy atom. The van der Waals surface area contributed by atoms with E-state index >= 15 is 0 Å². The summed E-state index contributed by atoms with van der Waals surface area (Å²) in [6, 6.07) is 15.3. The molecule has 0 aliphatic heterocycles. The van der Waals surface area contributed by atoms with Gasteiger partial charge in [-0.15, -0.1) is 15.3 Å². The van der Waals surface area contributed by atoms with E-state index in [1.54, 1.807) is 10.7 Å². The topological polar surface area (TPSA) is 71.2 Å². The lowest BCUT2D eigenvalue weighted by atomic mass is 10.3. The van der Waals surface area contributed by atoms with Crippen LogP contribution in [0.5, 0.6) is 0 Å². The molecule has 0 saturated carbocycles. The quantitative estimate of drug-likeness (QED) is 0.552. The zero-order chi connectivity index (χ0) is 18.6. The van der Waals surface area contributed by atoms with Crippen molar-refractivity contribution in [3.8, 4) is 0 Å². The molecule has 136 valence electrons. The Morgan fingerprint density at radius 1 is 1.07 bits per heavy atom. The number of hydrogen-bond donors (Lipinski definition) is 1. The minimum atomic E-state index is 0.615. The molecular weight excluding hydrogens is 362 g/mol. The summed E-state index contributed by atoms with van der Waals surface area (Å²) in [6.07, 6.45) is 3.64. The largest absolute Gasteiger partial charge is 0.339 e. The van der Waals surface area contributed by atoms with Crippen molar-refractivity contribution >= 4 is 28.8 Å². The number of aromatic nitrogens is 5. The molecule has 4 rings (SSSR count). The molecule has 0 amide bonds. The van der Waals surface area contributed by atoms with E-state index in [4.69, 9.17) is 11.6 Å². The first-order chi connectivity index (χ1) is 13.2. The number of pyridine rings is 1. The fourth-order valence-electron chi connectivity index (χ4n) is 2.81. The minimum Gasteiger partial charge on any atom is -0.339 e. The van der Waals surface area contributed by atoms with Crippen LogP contribution >= 0.6 is 11.6 Å². The zero-order valence-electron chi connectivity index (χ0n) is 14.7. The Balaban J connectivity index is 1.53. The van der Waals surface area contributed by atoms with Gasteiger partial charge in [-0.1, -0.05) is 23.7 Å². The van der Waals surface area contributed by atoms with Gasteiger partial charge in [0.25, 0.3) is 0 Å². The number of nitrogens with one attached hydrogen (secondary N) is 1. The standard InChI is InChI=1S/C19H18ClN7/c1-26(12-14-4-3-9-21-11-14)13-19-24-23-18-8-7-17(25-27(18)19)22-16-6-2-5-15(20)10-16/h2-11H,12-13H2,1H3,(H,22,25). The summed E-state index contributed by atoms with van der Waals surface area (Å²) in [5.74, 6) is 1.46. The van der Waals surface area contributed by atoms with Crippen LogP contribution in [0.15, 0.2) is 60.9 Å². The van der Waals surface area contributed by atoms with E-state index in [1.165, 1.54) is 0 Å². The summed E-state index contributed by atoms with van der Waals surface area (Å²) >= 11 is 6.04. The van der Waals surface area contributed by atoms with Gasteiger partial charge in [0.1, 0.15) is 0 Å². The van der Waals surface area contributed by atoms with E-state index < -0.39 is 0 Å². The van der Waals surface area contributed by atoms with Gasteiger partial charge in [0.2, 0.25) is 0 Å². The third kappa shape index (κ3) is 4.21. The molecular formula is C19H18ClN7. The number of rotatable bonds is 6. The highest BCUT2D eigenvalue weighted by atomic mass is 35.5. The molecule has 1 N–H and O–H groups in total. The van der Waals surface area contributed by atoms with E-state index in [-0.39, 0.29) is 0 Å². The molecule has 0 saturated heterocycles. The first-order valence-electron chi connectivity index (χ1n) is 8.49. The lowest BCUT2D eigenvalue weighted by molar-refractivity contribution is 0.307. The van der Waals surface area contributed by atoms with Gasteiger partial charge < -0.3 is 5.32 Å². The van der Waals surface area contributed by atoms with Gasteiger partial charge in [0, 0.05) is 29.6 Å². The number of benzene rings is 1. The molecule has 0 atom stereocenters. The van der Waals surface area contributed by atoms with Gasteiger partial charge in [0.05, 0.1) is 6.54 Å². The van der Waals surface area contributed by atoms with Gasteiger partial charge >= 0.3 is 0 Å². The van der Waals surface area contributed by atoms with Gasteiger partial charge in [-0.2, -0.15) is 4.52 Å². The first kappa shape index (κ1) is 17.4. The Kier molecular flexibility index (Phi) is 4.95. The third-order valence-electron chi connectivity index (χ3n) is 4.01. The fourth-order valence-corrected chi connectivity index (χ4v) is 3.00. The van der Waals surface area contributed by atoms with Crippen LogP contribution in [0.4, 0.5) is 11.5 Å². The Morgan fingerprint density at radius 3 is 2.81 bits per heavy atom. The molecule has 0 aliphatic carbocycles. The SMILES string of the molecule is CN(Cc1cccnc1)Cc1nnc2ccc(Nc3cccc(Cl)c3)nn12. The average molecular weight is 380 g/mol. The van der Waals surface area contributed by atoms with Crippen molar-refractivity contribution in [2.24, 2.45) is 0 Å². The summed E-state index contributed by atoms with van der Waals surface area (Å²) in [5, 5.41) is 17.0. The van der Waals surface area contributed by atoms with Crippen molar-refractivity contribution in [1.82, 2.24) is 29.7 Å². The van der Waals surface area contributed by atoms with Gasteiger partial charge in [-0.25, -0.2) is 0 Å². The summed E-state index contributed by atoms with van der Waals surface area (Å²) < 4.78 is 1.76. The van der Waals surface area contributed by atoms with Gasteiger partial charge in [-0.05, 0) is 49.0 Å². The van der Waals surface area contributed by atoms with Crippen molar-refractivity contribution in [3.05, 3.63) is 77.3 Å². The molecule has 4 aromatic rings. The van der Waals surface area contributed by atoms with Crippen LogP contribution in [0.1, 0.15) is 11.4 Å². The van der Waals surface area contributed by atoms with E-state index in [2.05, 4.69) is 36.6 Å². The third-order valence-corrected chi connectivity index (χ3v) is 4.25. The van der Waals surface area contributed by atoms with Crippen LogP contribution in [-0.2, 0) is 13.1 Å². The van der Waals surface area contributed by atoms with Gasteiger partial charge in [0.15, 0.2) is 17.3 Å². The minimum absolute atomic E-state index is 0.615. The maximum Gasteiger partial charge on any atom is 0.178 e. The normalized spacial score (nSPS) is 11.2. The summed E-state index contributed by atoms with van der Waals surface area (Å²) in [5.41, 5.74) is 2.72. The summed E-state index contributed by atoms with van der Waals surface area (Å²) in [6.45, 7) is 1.38. The molecule has 3 heterocycles. The molecule has 7 nitrogen and oxygen atoms in total. The number of fused-ring (bicyclic) bond motifs is 1. The number of nitrogens with zero attached hydrogens (tertiary/aromatic N) is 6. The highest BCUT2D eigenvalue weighted by Gasteiger charge is 2.11. The maximum atomic E-state index is 6.04. The van der Waals surface area contributed by atoms with Crippen LogP contribution in [0.3, 0.4) is 0 Å². The molecule has 0 bridgehead atoms. The van der Waals surface area contributed by atoms with E-state index in [0.717, 1.165) is 23.6 Å². The average Bonchev–Trinajstić information content (AvgIpc) is 3.05. The van der Waals surface area contributed by atoms with Crippen LogP contribution in [0.25, 0.3) is 5.65 Å². The molecule has 0 radical (unpaired) electrons. The molecule has 0 spiro atoms. The Bertz CT molecular complexity index is 1050. The number of anilines is 2. The predicted molar refractivity (Wildman–Crippen MR) is 105 cm³/mol. The number of halogens is 1. The van der Waals surface area contributed by atoms with Gasteiger partial charge in [-0.3, -0.25) is 9.88 Å². The van der Waals surface area contributed by atoms with E-state index in [9.17, 15) is 0 Å². The molecule has 0 unspecified atom stereocenters. The second-order valence-electron chi connectivity index (χ2n) is 6.27. The van der Waals surface area contributed by atoms with Crippen molar-refractivity contribution in [2.45, 2.75) is 13.1 Å². The first-order valence-corrected chi connectivity index (χ1v) is 8.86. The highest BCUT2D eigenvalue weighted by Crippen LogP contribution is 2.19. The van der Waals surface area contributed by atoms with E-state index in [0.29, 0.717) is 23.0 Å². The molecule has 1 aromatic carbocycles. The monoisotopic (exact) mass is 379 g/mol. The Hall–Kier alpha value is -3.03. The fraction of sp³-hybridized carbons (Fsp3) is 0.158. The Labute approximate surface area is 161 Å². The lowest BCUT2D eigenvalue weighted by Gasteiger charge is -2.15. The van der Waals surface area contributed by atoms with Crippen molar-refractivity contribution in [1.29, 1.82) is 0 Å². The maximum absolute atomic E-state index is 6.04. The highest BCUT2D eigenvalue weighted by molar-refractivity contribution is 6.30. The smallest absolute Gasteiger partial charge is 0.178 e. The van der Waals surface area contributed by atoms with Crippen molar-refractivity contribution < 1.29 is 0 Å². The molecule has 27 heavy (non-hydrogen) atoms. The van der Waals surface area contributed by atoms with Crippen LogP contribution in [0.2, 0.25) is 5.02 Å². The zero-order valence-corrected chi connectivity index (χ0v) is 15.5. The van der Waals surface area contributed by atoms with Crippen LogP contribution in [-0.4, -0.2) is 36.7 Å². The van der Waals surface area contributed by atoms with Crippen molar-refractivity contribution in [3.63, 3.8) is 0 Å². The lowest BCUT2D eigenvalue weighted by Crippen LogP contribution is -2.19. The molecule has 0 aliphatic rings. The second kappa shape index (κ2) is 7.69. The second-order valence-corrected chi connectivity index (χ2v) is 6.71. The van der Waals surface area contributed by atoms with Crippen molar-refractivity contribution in [2.75, 3.05) is 12.4 Å². The molecule has 3 aromatic heterocycles. The van der Waals surface area contributed by atoms with E-state index in [1.807, 2.05) is 55.7 Å². The predicted octanol–water partition coefficient (Wildman–Crippen LogP) is 3.55. The number of hydrogen-bond acceptors (Lipinski definition) is 6. The summed E-state index contributed by atoms with van der Waals surface area (Å²) in [4.78, 5) is 6.30.